The molecule has 1 saturated carbocycles. The minimum atomic E-state index is -0.956. The quantitative estimate of drug-likeness (QED) is 0.668. The van der Waals surface area contributed by atoms with Crippen LogP contribution in [0.3, 0.4) is 0 Å². The number of anilines is 1. The Bertz CT molecular complexity index is 703. The molecule has 1 N–H and O–H groups in total. The summed E-state index contributed by atoms with van der Waals surface area (Å²) in [6.07, 6.45) is 5.49. The molecule has 3 rings (SSSR count). The first-order chi connectivity index (χ1) is 12.0. The minimum Gasteiger partial charge on any atom is -0.339 e. The van der Waals surface area contributed by atoms with Crippen molar-refractivity contribution < 1.29 is 18.9 Å². The van der Waals surface area contributed by atoms with Gasteiger partial charge in [0.15, 0.2) is 0 Å². The summed E-state index contributed by atoms with van der Waals surface area (Å²) in [5.74, 6) is -1.83. The van der Waals surface area contributed by atoms with Crippen molar-refractivity contribution in [1.82, 2.24) is 4.90 Å². The van der Waals surface area contributed by atoms with Crippen LogP contribution in [0.1, 0.15) is 38.5 Å². The highest BCUT2D eigenvalue weighted by molar-refractivity contribution is 5.97. The lowest BCUT2D eigenvalue weighted by Crippen LogP contribution is -2.38. The number of hydrogen-bond acceptors (Lipinski definition) is 4. The fourth-order valence-corrected chi connectivity index (χ4v) is 3.63. The molecule has 1 aromatic carbocycles. The topological polar surface area (TPSA) is 92.5 Å². The maximum atomic E-state index is 13.4. The van der Waals surface area contributed by atoms with E-state index in [4.69, 9.17) is 0 Å². The Morgan fingerprint density at radius 1 is 1.28 bits per heavy atom. The normalized spacial score (nSPS) is 21.4. The number of benzene rings is 1. The third-order valence-corrected chi connectivity index (χ3v) is 4.96. The standard InChI is InChI=1S/C17H20FN3O4/c18-14-7-6-12(9-15(14)21(24)25)19-17(23)11-8-16(22)20(10-11)13-4-2-1-3-5-13/h6-7,9,11,13H,1-5,8,10H2,(H,19,23). The highest BCUT2D eigenvalue weighted by Gasteiger charge is 2.38. The number of amides is 2. The summed E-state index contributed by atoms with van der Waals surface area (Å²) < 4.78 is 13.4. The maximum absolute atomic E-state index is 13.4. The molecular weight excluding hydrogens is 329 g/mol. The van der Waals surface area contributed by atoms with Crippen LogP contribution < -0.4 is 5.32 Å². The second-order valence-electron chi connectivity index (χ2n) is 6.65. The van der Waals surface area contributed by atoms with E-state index in [-0.39, 0.29) is 30.0 Å². The number of likely N-dealkylation sites (tertiary alicyclic amines) is 1. The van der Waals surface area contributed by atoms with Gasteiger partial charge in [-0.3, -0.25) is 19.7 Å². The molecule has 1 aromatic rings. The van der Waals surface area contributed by atoms with Crippen molar-refractivity contribution in [2.45, 2.75) is 44.6 Å². The molecule has 7 nitrogen and oxygen atoms in total. The van der Waals surface area contributed by atoms with Gasteiger partial charge in [0.25, 0.3) is 0 Å². The Morgan fingerprint density at radius 3 is 2.68 bits per heavy atom. The van der Waals surface area contributed by atoms with Crippen LogP contribution in [0, 0.1) is 21.8 Å². The summed E-state index contributed by atoms with van der Waals surface area (Å²) in [5, 5.41) is 13.3. The summed E-state index contributed by atoms with van der Waals surface area (Å²) in [5.41, 5.74) is -0.536. The summed E-state index contributed by atoms with van der Waals surface area (Å²) in [6, 6.07) is 3.42. The van der Waals surface area contributed by atoms with E-state index in [1.54, 1.807) is 4.90 Å². The van der Waals surface area contributed by atoms with Gasteiger partial charge in [0.2, 0.25) is 17.6 Å². The van der Waals surface area contributed by atoms with Crippen molar-refractivity contribution in [3.63, 3.8) is 0 Å². The Labute approximate surface area is 144 Å². The Balaban J connectivity index is 1.65. The number of carbonyl (C=O) groups excluding carboxylic acids is 2. The molecule has 2 aliphatic rings. The van der Waals surface area contributed by atoms with Crippen molar-refractivity contribution in [2.24, 2.45) is 5.92 Å². The second-order valence-corrected chi connectivity index (χ2v) is 6.65. The fourth-order valence-electron chi connectivity index (χ4n) is 3.63. The minimum absolute atomic E-state index is 0.0165. The van der Waals surface area contributed by atoms with E-state index in [2.05, 4.69) is 5.32 Å². The predicted octanol–water partition coefficient (Wildman–Crippen LogP) is 2.85. The van der Waals surface area contributed by atoms with E-state index in [9.17, 15) is 24.1 Å². The van der Waals surface area contributed by atoms with E-state index in [0.717, 1.165) is 37.8 Å². The first kappa shape index (κ1) is 17.3. The lowest BCUT2D eigenvalue weighted by molar-refractivity contribution is -0.387. The summed E-state index contributed by atoms with van der Waals surface area (Å²) in [4.78, 5) is 36.4. The number of carbonyl (C=O) groups is 2. The first-order valence-corrected chi connectivity index (χ1v) is 8.50. The van der Waals surface area contributed by atoms with Gasteiger partial charge in [-0.2, -0.15) is 4.39 Å². The zero-order valence-corrected chi connectivity index (χ0v) is 13.7. The molecule has 134 valence electrons. The zero-order chi connectivity index (χ0) is 18.0. The van der Waals surface area contributed by atoms with Gasteiger partial charge in [-0.15, -0.1) is 0 Å². The van der Waals surface area contributed by atoms with Gasteiger partial charge in [-0.1, -0.05) is 19.3 Å². The number of rotatable bonds is 4. The largest absolute Gasteiger partial charge is 0.339 e. The van der Waals surface area contributed by atoms with E-state index in [0.29, 0.717) is 6.54 Å². The molecule has 1 aliphatic carbocycles. The SMILES string of the molecule is O=C(Nc1ccc(F)c([N+](=O)[O-])c1)C1CC(=O)N(C2CCCCC2)C1. The number of nitrogens with one attached hydrogen (secondary N) is 1. The van der Waals surface area contributed by atoms with Gasteiger partial charge in [0.05, 0.1) is 10.8 Å². The smallest absolute Gasteiger partial charge is 0.306 e. The van der Waals surface area contributed by atoms with Crippen LogP contribution in [0.15, 0.2) is 18.2 Å². The van der Waals surface area contributed by atoms with Gasteiger partial charge in [0, 0.05) is 30.8 Å². The lowest BCUT2D eigenvalue weighted by Gasteiger charge is -2.31. The van der Waals surface area contributed by atoms with Crippen LogP contribution in [0.2, 0.25) is 0 Å². The number of nitro groups is 1. The maximum Gasteiger partial charge on any atom is 0.306 e. The molecule has 1 saturated heterocycles. The highest BCUT2D eigenvalue weighted by Crippen LogP contribution is 2.29. The highest BCUT2D eigenvalue weighted by atomic mass is 19.1. The van der Waals surface area contributed by atoms with Gasteiger partial charge in [0.1, 0.15) is 0 Å². The molecule has 1 atom stereocenters. The van der Waals surface area contributed by atoms with Crippen LogP contribution >= 0.6 is 0 Å². The second kappa shape index (κ2) is 7.16. The molecule has 1 aliphatic heterocycles. The molecule has 0 spiro atoms. The van der Waals surface area contributed by atoms with Crippen LogP contribution in [0.5, 0.6) is 0 Å². The monoisotopic (exact) mass is 349 g/mol. The molecule has 0 radical (unpaired) electrons. The van der Waals surface area contributed by atoms with Crippen LogP contribution in [-0.4, -0.2) is 34.2 Å². The molecule has 0 aromatic heterocycles. The van der Waals surface area contributed by atoms with Gasteiger partial charge < -0.3 is 10.2 Å². The molecule has 1 unspecified atom stereocenters. The molecule has 0 bridgehead atoms. The molecule has 25 heavy (non-hydrogen) atoms. The summed E-state index contributed by atoms with van der Waals surface area (Å²) in [6.45, 7) is 0.374. The Kier molecular flexibility index (Phi) is 4.96. The number of halogens is 1. The third kappa shape index (κ3) is 3.78. The molecular formula is C17H20FN3O4. The van der Waals surface area contributed by atoms with Crippen molar-refractivity contribution in [1.29, 1.82) is 0 Å². The van der Waals surface area contributed by atoms with E-state index >= 15 is 0 Å². The van der Waals surface area contributed by atoms with Gasteiger partial charge >= 0.3 is 5.69 Å². The van der Waals surface area contributed by atoms with E-state index in [1.807, 2.05) is 0 Å². The van der Waals surface area contributed by atoms with Crippen LogP contribution in [0.4, 0.5) is 15.8 Å². The number of nitro benzene ring substituents is 1. The summed E-state index contributed by atoms with van der Waals surface area (Å²) >= 11 is 0. The van der Waals surface area contributed by atoms with Gasteiger partial charge in [-0.05, 0) is 25.0 Å². The Hall–Kier alpha value is -2.51. The summed E-state index contributed by atoms with van der Waals surface area (Å²) in [7, 11) is 0. The third-order valence-electron chi connectivity index (χ3n) is 4.96. The van der Waals surface area contributed by atoms with Gasteiger partial charge in [-0.25, -0.2) is 0 Å². The average molecular weight is 349 g/mol. The average Bonchev–Trinajstić information content (AvgIpc) is 2.99. The van der Waals surface area contributed by atoms with E-state index < -0.39 is 22.3 Å². The first-order valence-electron chi connectivity index (χ1n) is 8.50. The van der Waals surface area contributed by atoms with Crippen LogP contribution in [-0.2, 0) is 9.59 Å². The Morgan fingerprint density at radius 2 is 2.00 bits per heavy atom. The zero-order valence-electron chi connectivity index (χ0n) is 13.7. The fraction of sp³-hybridized carbons (Fsp3) is 0.529. The van der Waals surface area contributed by atoms with Crippen molar-refractivity contribution in [3.05, 3.63) is 34.1 Å². The van der Waals surface area contributed by atoms with E-state index in [1.165, 1.54) is 12.5 Å². The van der Waals surface area contributed by atoms with Crippen molar-refractivity contribution >= 4 is 23.2 Å². The van der Waals surface area contributed by atoms with Crippen molar-refractivity contribution in [2.75, 3.05) is 11.9 Å². The lowest BCUT2D eigenvalue weighted by atomic mass is 9.94. The predicted molar refractivity (Wildman–Crippen MR) is 88.4 cm³/mol. The van der Waals surface area contributed by atoms with Crippen LogP contribution in [0.25, 0.3) is 0 Å². The number of nitrogens with zero attached hydrogens (tertiary/aromatic N) is 2. The molecule has 1 heterocycles. The molecule has 8 heteroatoms. The number of hydrogen-bond donors (Lipinski definition) is 1. The molecule has 2 fully saturated rings. The van der Waals surface area contributed by atoms with Crippen molar-refractivity contribution in [3.8, 4) is 0 Å². The molecule has 2 amide bonds.